The molecule has 20 heavy (non-hydrogen) atoms. The predicted octanol–water partition coefficient (Wildman–Crippen LogP) is 4.34. The van der Waals surface area contributed by atoms with Crippen LogP contribution < -0.4 is 0 Å². The number of methoxy groups -OCH3 is 1. The maximum Gasteiger partial charge on any atom is 0.144 e. The van der Waals surface area contributed by atoms with Crippen LogP contribution in [0.25, 0.3) is 0 Å². The molecule has 0 saturated heterocycles. The molecule has 2 atom stereocenters. The number of benzene rings is 1. The largest absolute Gasteiger partial charge is 0.371 e. The van der Waals surface area contributed by atoms with Gasteiger partial charge in [-0.3, -0.25) is 0 Å². The molecule has 0 aliphatic heterocycles. The molecular formula is C15H22ClNO2S. The summed E-state index contributed by atoms with van der Waals surface area (Å²) in [6.07, 6.45) is 0.359. The third kappa shape index (κ3) is 4.69. The first-order valence-electron chi connectivity index (χ1n) is 6.57. The van der Waals surface area contributed by atoms with E-state index in [4.69, 9.17) is 16.3 Å². The van der Waals surface area contributed by atoms with Crippen molar-refractivity contribution in [1.82, 2.24) is 0 Å². The maximum absolute atomic E-state index is 12.2. The number of rotatable bonds is 5. The summed E-state index contributed by atoms with van der Waals surface area (Å²) < 4.78 is 21.7. The van der Waals surface area contributed by atoms with Gasteiger partial charge in [-0.2, -0.15) is 4.40 Å². The van der Waals surface area contributed by atoms with Gasteiger partial charge in [-0.05, 0) is 44.9 Å². The van der Waals surface area contributed by atoms with Crippen molar-refractivity contribution in [1.29, 1.82) is 0 Å². The maximum atomic E-state index is 12.2. The predicted molar refractivity (Wildman–Crippen MR) is 86.8 cm³/mol. The fourth-order valence-corrected chi connectivity index (χ4v) is 2.59. The van der Waals surface area contributed by atoms with Crippen LogP contribution in [-0.2, 0) is 15.7 Å². The Hall–Kier alpha value is -0.710. The average Bonchev–Trinajstić information content (AvgIpc) is 2.37. The summed E-state index contributed by atoms with van der Waals surface area (Å²) in [5.41, 5.74) is 1.69. The van der Waals surface area contributed by atoms with Gasteiger partial charge in [0.25, 0.3) is 0 Å². The summed E-state index contributed by atoms with van der Waals surface area (Å²) >= 11 is 6.02. The van der Waals surface area contributed by atoms with E-state index in [0.29, 0.717) is 11.4 Å². The molecule has 0 amide bonds. The monoisotopic (exact) mass is 315 g/mol. The minimum absolute atomic E-state index is 0.315. The van der Waals surface area contributed by atoms with Crippen LogP contribution in [0.2, 0.25) is 5.02 Å². The highest BCUT2D eigenvalue weighted by atomic mass is 35.5. The van der Waals surface area contributed by atoms with E-state index in [-0.39, 0.29) is 10.9 Å². The smallest absolute Gasteiger partial charge is 0.144 e. The zero-order valence-electron chi connectivity index (χ0n) is 12.6. The van der Waals surface area contributed by atoms with E-state index in [1.54, 1.807) is 7.11 Å². The second-order valence-corrected chi connectivity index (χ2v) is 7.81. The minimum atomic E-state index is -1.29. The van der Waals surface area contributed by atoms with Crippen LogP contribution in [0.3, 0.4) is 0 Å². The van der Waals surface area contributed by atoms with Crippen molar-refractivity contribution in [3.63, 3.8) is 0 Å². The molecule has 0 spiro atoms. The van der Waals surface area contributed by atoms with E-state index in [0.717, 1.165) is 11.3 Å². The first kappa shape index (κ1) is 17.3. The quantitative estimate of drug-likeness (QED) is 0.758. The lowest BCUT2D eigenvalue weighted by Crippen LogP contribution is -2.23. The molecule has 0 saturated carbocycles. The number of halogens is 1. The summed E-state index contributed by atoms with van der Waals surface area (Å²) in [4.78, 5) is 0. The van der Waals surface area contributed by atoms with E-state index < -0.39 is 11.0 Å². The Balaban J connectivity index is 3.14. The standard InChI is InChI=1S/C15H22ClNO2S/c1-6-13(17-20(18)15(2,3)4)14(19-5)11-8-7-9-12(16)10-11/h7-10,14H,6H2,1-5H3. The number of nitrogens with zero attached hydrogens (tertiary/aromatic N) is 1. The highest BCUT2D eigenvalue weighted by Crippen LogP contribution is 2.24. The molecular weight excluding hydrogens is 294 g/mol. The molecule has 0 aromatic heterocycles. The summed E-state index contributed by atoms with van der Waals surface area (Å²) in [5.74, 6) is 0. The molecule has 0 aliphatic carbocycles. The normalized spacial score (nSPS) is 16.0. The zero-order chi connectivity index (χ0) is 15.3. The van der Waals surface area contributed by atoms with Crippen molar-refractivity contribution < 1.29 is 8.95 Å². The summed E-state index contributed by atoms with van der Waals surface area (Å²) in [6, 6.07) is 7.47. The molecule has 1 aromatic carbocycles. The van der Waals surface area contributed by atoms with Gasteiger partial charge in [-0.25, -0.2) is 4.21 Å². The Kier molecular flexibility index (Phi) is 6.37. The van der Waals surface area contributed by atoms with E-state index in [1.165, 1.54) is 0 Å². The van der Waals surface area contributed by atoms with Crippen LogP contribution >= 0.6 is 11.6 Å². The van der Waals surface area contributed by atoms with Crippen molar-refractivity contribution in [2.75, 3.05) is 7.11 Å². The Morgan fingerprint density at radius 1 is 1.45 bits per heavy atom. The molecule has 3 nitrogen and oxygen atoms in total. The second-order valence-electron chi connectivity index (χ2n) is 5.47. The van der Waals surface area contributed by atoms with Crippen molar-refractivity contribution >= 4 is 28.3 Å². The topological polar surface area (TPSA) is 38.7 Å². The molecule has 1 aromatic rings. The average molecular weight is 316 g/mol. The summed E-state index contributed by atoms with van der Waals surface area (Å²) in [5, 5.41) is 0.650. The number of hydrogen-bond donors (Lipinski definition) is 0. The molecule has 1 rings (SSSR count). The van der Waals surface area contributed by atoms with E-state index >= 15 is 0 Å². The van der Waals surface area contributed by atoms with Gasteiger partial charge in [-0.1, -0.05) is 30.7 Å². The third-order valence-electron chi connectivity index (χ3n) is 2.78. The third-order valence-corrected chi connectivity index (χ3v) is 4.46. The van der Waals surface area contributed by atoms with Crippen LogP contribution in [-0.4, -0.2) is 21.8 Å². The SMILES string of the molecule is CCC(=NS(=O)C(C)(C)C)C(OC)c1cccc(Cl)c1. The van der Waals surface area contributed by atoms with Gasteiger partial charge in [-0.15, -0.1) is 0 Å². The molecule has 112 valence electrons. The van der Waals surface area contributed by atoms with Gasteiger partial charge in [0.15, 0.2) is 0 Å². The number of hydrogen-bond acceptors (Lipinski definition) is 2. The molecule has 0 aliphatic rings. The van der Waals surface area contributed by atoms with Gasteiger partial charge in [0.1, 0.15) is 17.1 Å². The first-order chi connectivity index (χ1) is 9.29. The van der Waals surface area contributed by atoms with Gasteiger partial charge in [0, 0.05) is 12.1 Å². The van der Waals surface area contributed by atoms with Crippen LogP contribution in [0.5, 0.6) is 0 Å². The lowest BCUT2D eigenvalue weighted by molar-refractivity contribution is 0.156. The summed E-state index contributed by atoms with van der Waals surface area (Å²) in [6.45, 7) is 7.69. The second kappa shape index (κ2) is 7.34. The molecule has 2 unspecified atom stereocenters. The van der Waals surface area contributed by atoms with Crippen molar-refractivity contribution in [2.24, 2.45) is 4.40 Å². The van der Waals surface area contributed by atoms with Crippen LogP contribution in [0, 0.1) is 0 Å². The van der Waals surface area contributed by atoms with Crippen LogP contribution in [0.4, 0.5) is 0 Å². The molecule has 0 heterocycles. The Morgan fingerprint density at radius 2 is 2.10 bits per heavy atom. The fraction of sp³-hybridized carbons (Fsp3) is 0.533. The molecule has 0 N–H and O–H groups in total. The molecule has 0 radical (unpaired) electrons. The lowest BCUT2D eigenvalue weighted by atomic mass is 10.0. The van der Waals surface area contributed by atoms with E-state index in [9.17, 15) is 4.21 Å². The number of ether oxygens (including phenoxy) is 1. The van der Waals surface area contributed by atoms with Gasteiger partial charge < -0.3 is 4.74 Å². The molecule has 5 heteroatoms. The van der Waals surface area contributed by atoms with E-state index in [2.05, 4.69) is 4.40 Å². The summed E-state index contributed by atoms with van der Waals surface area (Å²) in [7, 11) is 0.328. The van der Waals surface area contributed by atoms with Crippen molar-refractivity contribution in [3.05, 3.63) is 34.9 Å². The van der Waals surface area contributed by atoms with Crippen LogP contribution in [0.1, 0.15) is 45.8 Å². The van der Waals surface area contributed by atoms with Crippen molar-refractivity contribution in [3.8, 4) is 0 Å². The van der Waals surface area contributed by atoms with Gasteiger partial charge >= 0.3 is 0 Å². The minimum Gasteiger partial charge on any atom is -0.371 e. The first-order valence-corrected chi connectivity index (χ1v) is 8.05. The molecule has 0 bridgehead atoms. The fourth-order valence-electron chi connectivity index (χ4n) is 1.68. The zero-order valence-corrected chi connectivity index (χ0v) is 14.2. The van der Waals surface area contributed by atoms with Crippen molar-refractivity contribution in [2.45, 2.75) is 45.0 Å². The van der Waals surface area contributed by atoms with Gasteiger partial charge in [0.05, 0.1) is 10.5 Å². The van der Waals surface area contributed by atoms with E-state index in [1.807, 2.05) is 52.0 Å². The van der Waals surface area contributed by atoms with Gasteiger partial charge in [0.2, 0.25) is 0 Å². The van der Waals surface area contributed by atoms with Crippen LogP contribution in [0.15, 0.2) is 28.7 Å². The lowest BCUT2D eigenvalue weighted by Gasteiger charge is -2.20. The Bertz CT molecular complexity index is 509. The Labute approximate surface area is 129 Å². The highest BCUT2D eigenvalue weighted by Gasteiger charge is 2.23. The molecule has 0 fully saturated rings. The Morgan fingerprint density at radius 3 is 2.55 bits per heavy atom. The highest BCUT2D eigenvalue weighted by molar-refractivity contribution is 7.85.